The zero-order valence-corrected chi connectivity index (χ0v) is 23.4. The standard InChI is InChI=1S/C30H42N4O5/c1-4-5-16-33(2)17-18-34-26(28(36)31-20-10-7-6-8-11-20)30-15-14-23(39-30)24(25(30)29(34)37)27(35)32-21-12-9-13-22(19-21)38-3/h9,12-15,19-20,23-26H,4-8,10-11,16-18H2,1-3H3,(H,31,36)(H,32,35). The molecule has 3 amide bonds. The van der Waals surface area contributed by atoms with Gasteiger partial charge in [-0.25, -0.2) is 0 Å². The van der Waals surface area contributed by atoms with E-state index in [1.807, 2.05) is 19.2 Å². The Morgan fingerprint density at radius 2 is 1.97 bits per heavy atom. The van der Waals surface area contributed by atoms with E-state index in [1.54, 1.807) is 36.3 Å². The molecule has 9 heteroatoms. The number of nitrogens with one attached hydrogen (secondary N) is 2. The molecule has 1 spiro atoms. The zero-order chi connectivity index (χ0) is 27.6. The molecule has 3 heterocycles. The summed E-state index contributed by atoms with van der Waals surface area (Å²) in [7, 11) is 3.61. The van der Waals surface area contributed by atoms with E-state index in [9.17, 15) is 14.4 Å². The van der Waals surface area contributed by atoms with Crippen molar-refractivity contribution in [2.45, 2.75) is 75.7 Å². The van der Waals surface area contributed by atoms with Gasteiger partial charge in [0.1, 0.15) is 17.4 Å². The molecule has 212 valence electrons. The molecule has 3 fully saturated rings. The van der Waals surface area contributed by atoms with Crippen LogP contribution in [-0.4, -0.2) is 85.1 Å². The minimum absolute atomic E-state index is 0.112. The maximum Gasteiger partial charge on any atom is 0.246 e. The van der Waals surface area contributed by atoms with Gasteiger partial charge in [-0.2, -0.15) is 0 Å². The Morgan fingerprint density at radius 3 is 2.72 bits per heavy atom. The first-order valence-corrected chi connectivity index (χ1v) is 14.5. The Labute approximate surface area is 231 Å². The van der Waals surface area contributed by atoms with Gasteiger partial charge in [0, 0.05) is 30.9 Å². The minimum Gasteiger partial charge on any atom is -0.497 e. The monoisotopic (exact) mass is 538 g/mol. The van der Waals surface area contributed by atoms with Crippen LogP contribution < -0.4 is 15.4 Å². The molecular formula is C30H42N4O5. The fourth-order valence-corrected chi connectivity index (χ4v) is 6.78. The lowest BCUT2D eigenvalue weighted by atomic mass is 9.74. The van der Waals surface area contributed by atoms with Crippen molar-refractivity contribution in [3.8, 4) is 5.75 Å². The predicted molar refractivity (Wildman–Crippen MR) is 148 cm³/mol. The van der Waals surface area contributed by atoms with Crippen LogP contribution >= 0.6 is 0 Å². The molecule has 9 nitrogen and oxygen atoms in total. The quantitative estimate of drug-likeness (QED) is 0.420. The summed E-state index contributed by atoms with van der Waals surface area (Å²) in [6.07, 6.45) is 10.6. The molecule has 2 N–H and O–H groups in total. The molecule has 2 bridgehead atoms. The molecule has 1 aromatic rings. The van der Waals surface area contributed by atoms with Gasteiger partial charge in [0.2, 0.25) is 17.7 Å². The van der Waals surface area contributed by atoms with Crippen LogP contribution in [-0.2, 0) is 19.1 Å². The fourth-order valence-electron chi connectivity index (χ4n) is 6.78. The lowest BCUT2D eigenvalue weighted by Gasteiger charge is -2.34. The third kappa shape index (κ3) is 5.31. The Hall–Kier alpha value is -2.91. The molecule has 0 radical (unpaired) electrons. The summed E-state index contributed by atoms with van der Waals surface area (Å²) >= 11 is 0. The van der Waals surface area contributed by atoms with Crippen molar-refractivity contribution in [2.24, 2.45) is 11.8 Å². The second-order valence-corrected chi connectivity index (χ2v) is 11.5. The first kappa shape index (κ1) is 27.6. The van der Waals surface area contributed by atoms with Crippen LogP contribution in [0.25, 0.3) is 0 Å². The SMILES string of the molecule is CCCCN(C)CCN1C(=O)C2C(C(=O)Nc3cccc(OC)c3)C3C=CC2(O3)C1C(=O)NC1CCCCC1. The highest BCUT2D eigenvalue weighted by molar-refractivity contribution is 6.02. The molecule has 1 saturated carbocycles. The third-order valence-corrected chi connectivity index (χ3v) is 8.83. The van der Waals surface area contributed by atoms with Crippen LogP contribution in [0.1, 0.15) is 51.9 Å². The van der Waals surface area contributed by atoms with Gasteiger partial charge in [-0.15, -0.1) is 0 Å². The van der Waals surface area contributed by atoms with Gasteiger partial charge in [-0.1, -0.05) is 50.8 Å². The van der Waals surface area contributed by atoms with Crippen molar-refractivity contribution >= 4 is 23.4 Å². The number of amides is 3. The minimum atomic E-state index is -1.14. The Bertz CT molecular complexity index is 1100. The molecule has 4 aliphatic rings. The van der Waals surface area contributed by atoms with Gasteiger partial charge < -0.3 is 29.9 Å². The Kier molecular flexibility index (Phi) is 8.28. The largest absolute Gasteiger partial charge is 0.497 e. The average molecular weight is 539 g/mol. The number of methoxy groups -OCH3 is 1. The first-order valence-electron chi connectivity index (χ1n) is 14.5. The number of fused-ring (bicyclic) bond motifs is 1. The molecular weight excluding hydrogens is 496 g/mol. The zero-order valence-electron chi connectivity index (χ0n) is 23.4. The number of rotatable bonds is 11. The maximum atomic E-state index is 14.1. The van der Waals surface area contributed by atoms with Gasteiger partial charge in [-0.3, -0.25) is 14.4 Å². The molecule has 39 heavy (non-hydrogen) atoms. The number of benzene rings is 1. The number of hydrogen-bond donors (Lipinski definition) is 2. The van der Waals surface area contributed by atoms with Gasteiger partial charge in [0.15, 0.2) is 0 Å². The number of carbonyl (C=O) groups is 3. The highest BCUT2D eigenvalue weighted by Gasteiger charge is 2.72. The summed E-state index contributed by atoms with van der Waals surface area (Å²) < 4.78 is 11.7. The summed E-state index contributed by atoms with van der Waals surface area (Å²) in [4.78, 5) is 45.5. The number of hydrogen-bond acceptors (Lipinski definition) is 6. The van der Waals surface area contributed by atoms with Crippen molar-refractivity contribution in [3.63, 3.8) is 0 Å². The Balaban J connectivity index is 1.40. The highest BCUT2D eigenvalue weighted by atomic mass is 16.5. The second kappa shape index (κ2) is 11.7. The van der Waals surface area contributed by atoms with E-state index in [4.69, 9.17) is 9.47 Å². The van der Waals surface area contributed by atoms with Gasteiger partial charge >= 0.3 is 0 Å². The first-order chi connectivity index (χ1) is 18.9. The smallest absolute Gasteiger partial charge is 0.246 e. The summed E-state index contributed by atoms with van der Waals surface area (Å²) in [6, 6.07) is 6.45. The summed E-state index contributed by atoms with van der Waals surface area (Å²) in [5, 5.41) is 6.20. The molecule has 0 aromatic heterocycles. The molecule has 5 unspecified atom stereocenters. The topological polar surface area (TPSA) is 100 Å². The average Bonchev–Trinajstić information content (AvgIpc) is 3.58. The van der Waals surface area contributed by atoms with Crippen LogP contribution in [0.2, 0.25) is 0 Å². The van der Waals surface area contributed by atoms with Crippen LogP contribution in [0, 0.1) is 11.8 Å². The molecule has 1 aromatic carbocycles. The fraction of sp³-hybridized carbons (Fsp3) is 0.633. The predicted octanol–water partition coefficient (Wildman–Crippen LogP) is 2.97. The molecule has 5 rings (SSSR count). The van der Waals surface area contributed by atoms with Crippen molar-refractivity contribution in [2.75, 3.05) is 39.1 Å². The van der Waals surface area contributed by atoms with Gasteiger partial charge in [-0.05, 0) is 45.0 Å². The van der Waals surface area contributed by atoms with Crippen LogP contribution in [0.3, 0.4) is 0 Å². The van der Waals surface area contributed by atoms with Crippen LogP contribution in [0.15, 0.2) is 36.4 Å². The number of likely N-dealkylation sites (N-methyl/N-ethyl adjacent to an activating group) is 1. The summed E-state index contributed by atoms with van der Waals surface area (Å²) in [5.41, 5.74) is -0.551. The molecule has 3 aliphatic heterocycles. The van der Waals surface area contributed by atoms with E-state index in [-0.39, 0.29) is 23.8 Å². The van der Waals surface area contributed by atoms with Crippen molar-refractivity contribution < 1.29 is 23.9 Å². The number of ether oxygens (including phenoxy) is 2. The molecule has 1 aliphatic carbocycles. The van der Waals surface area contributed by atoms with Crippen LogP contribution in [0.5, 0.6) is 5.75 Å². The maximum absolute atomic E-state index is 14.1. The molecule has 2 saturated heterocycles. The number of anilines is 1. The van der Waals surface area contributed by atoms with E-state index >= 15 is 0 Å². The number of nitrogens with zero attached hydrogens (tertiary/aromatic N) is 2. The normalized spacial score (nSPS) is 29.6. The van der Waals surface area contributed by atoms with E-state index in [1.165, 1.54) is 6.42 Å². The second-order valence-electron chi connectivity index (χ2n) is 11.5. The van der Waals surface area contributed by atoms with Crippen molar-refractivity contribution in [1.29, 1.82) is 0 Å². The summed E-state index contributed by atoms with van der Waals surface area (Å²) in [6.45, 7) is 4.14. The lowest BCUT2D eigenvalue weighted by Crippen LogP contribution is -2.57. The third-order valence-electron chi connectivity index (χ3n) is 8.83. The van der Waals surface area contributed by atoms with E-state index < -0.39 is 29.6 Å². The lowest BCUT2D eigenvalue weighted by molar-refractivity contribution is -0.141. The van der Waals surface area contributed by atoms with Gasteiger partial charge in [0.05, 0.1) is 25.0 Å². The van der Waals surface area contributed by atoms with E-state index in [2.05, 4.69) is 22.5 Å². The van der Waals surface area contributed by atoms with Crippen molar-refractivity contribution in [1.82, 2.24) is 15.1 Å². The molecule has 5 atom stereocenters. The number of carbonyl (C=O) groups excluding carboxylic acids is 3. The summed E-state index contributed by atoms with van der Waals surface area (Å²) in [5.74, 6) is -1.48. The highest BCUT2D eigenvalue weighted by Crippen LogP contribution is 2.55. The van der Waals surface area contributed by atoms with Gasteiger partial charge in [0.25, 0.3) is 0 Å². The van der Waals surface area contributed by atoms with E-state index in [0.717, 1.165) is 45.1 Å². The van der Waals surface area contributed by atoms with E-state index in [0.29, 0.717) is 24.5 Å². The number of unbranched alkanes of at least 4 members (excludes halogenated alkanes) is 1. The van der Waals surface area contributed by atoms with Crippen molar-refractivity contribution in [3.05, 3.63) is 36.4 Å². The van der Waals surface area contributed by atoms with Crippen LogP contribution in [0.4, 0.5) is 5.69 Å². The Morgan fingerprint density at radius 1 is 1.18 bits per heavy atom. The number of likely N-dealkylation sites (tertiary alicyclic amines) is 1.